The van der Waals surface area contributed by atoms with Crippen molar-refractivity contribution in [1.82, 2.24) is 0 Å². The minimum absolute atomic E-state index is 0.00218. The van der Waals surface area contributed by atoms with Crippen LogP contribution in [0, 0.1) is 5.41 Å². The topological polar surface area (TPSA) is 54.4 Å². The summed E-state index contributed by atoms with van der Waals surface area (Å²) in [5, 5.41) is 10.0. The summed E-state index contributed by atoms with van der Waals surface area (Å²) < 4.78 is 0. The predicted molar refractivity (Wildman–Crippen MR) is 82.0 cm³/mol. The van der Waals surface area contributed by atoms with Crippen molar-refractivity contribution in [2.24, 2.45) is 5.41 Å². The smallest absolute Gasteiger partial charge is 0.174 e. The number of phenols is 1. The molecule has 1 N–H and O–H groups in total. The van der Waals surface area contributed by atoms with Gasteiger partial charge in [0, 0.05) is 17.5 Å². The van der Waals surface area contributed by atoms with Crippen molar-refractivity contribution in [1.29, 1.82) is 0 Å². The fourth-order valence-corrected chi connectivity index (χ4v) is 3.95. The fourth-order valence-electron chi connectivity index (χ4n) is 3.50. The lowest BCUT2D eigenvalue weighted by Gasteiger charge is -2.31. The fraction of sp³-hybridized carbons (Fsp3) is 0.375. The van der Waals surface area contributed by atoms with E-state index in [-0.39, 0.29) is 27.4 Å². The lowest BCUT2D eigenvalue weighted by molar-refractivity contribution is -0.115. The highest BCUT2D eigenvalue weighted by molar-refractivity contribution is 6.45. The molecule has 0 fully saturated rings. The summed E-state index contributed by atoms with van der Waals surface area (Å²) in [5.41, 5.74) is 0.876. The molecule has 0 amide bonds. The zero-order chi connectivity index (χ0) is 15.4. The van der Waals surface area contributed by atoms with E-state index >= 15 is 0 Å². The number of allylic oxidation sites excluding steroid dienone is 2. The van der Waals surface area contributed by atoms with Gasteiger partial charge in [0.25, 0.3) is 0 Å². The Labute approximate surface area is 132 Å². The number of Topliss-reactive ketones (excluding diaryl/α,β-unsaturated/α-hetero) is 1. The van der Waals surface area contributed by atoms with Gasteiger partial charge in [-0.05, 0) is 30.6 Å². The van der Waals surface area contributed by atoms with E-state index in [1.54, 1.807) is 0 Å². The summed E-state index contributed by atoms with van der Waals surface area (Å²) in [4.78, 5) is 24.7. The number of rotatable bonds is 2. The van der Waals surface area contributed by atoms with Gasteiger partial charge in [-0.1, -0.05) is 36.5 Å². The van der Waals surface area contributed by atoms with Crippen molar-refractivity contribution in [2.45, 2.75) is 32.6 Å². The Balaban J connectivity index is 2.34. The van der Waals surface area contributed by atoms with Gasteiger partial charge in [0.1, 0.15) is 10.8 Å². The third-order valence-corrected chi connectivity index (χ3v) is 5.29. The van der Waals surface area contributed by atoms with Gasteiger partial charge >= 0.3 is 0 Å². The number of halogens is 2. The van der Waals surface area contributed by atoms with Crippen LogP contribution in [0.25, 0.3) is 5.57 Å². The molecule has 0 heterocycles. The SMILES string of the molecule is CCCC12CCC(=O)C=C1c1c(cc(O)c(Cl)c1Cl)C2=O. The van der Waals surface area contributed by atoms with Crippen LogP contribution in [0.2, 0.25) is 10.0 Å². The maximum Gasteiger partial charge on any atom is 0.174 e. The van der Waals surface area contributed by atoms with E-state index < -0.39 is 5.41 Å². The van der Waals surface area contributed by atoms with Crippen LogP contribution in [0.15, 0.2) is 12.1 Å². The minimum atomic E-state index is -0.689. The lowest BCUT2D eigenvalue weighted by atomic mass is 9.69. The molecule has 2 aliphatic carbocycles. The number of benzene rings is 1. The van der Waals surface area contributed by atoms with Crippen molar-refractivity contribution in [3.8, 4) is 5.75 Å². The van der Waals surface area contributed by atoms with E-state index in [0.29, 0.717) is 36.0 Å². The standard InChI is InChI=1S/C16H14Cl2O3/c1-2-4-16-5-3-8(19)6-10(16)12-9(15(16)21)7-11(20)13(17)14(12)18/h6-7,20H,2-5H2,1H3. The highest BCUT2D eigenvalue weighted by Crippen LogP contribution is 2.57. The van der Waals surface area contributed by atoms with Crippen LogP contribution >= 0.6 is 23.2 Å². The summed E-state index contributed by atoms with van der Waals surface area (Å²) in [6.07, 6.45) is 3.87. The van der Waals surface area contributed by atoms with Crippen molar-refractivity contribution in [3.63, 3.8) is 0 Å². The van der Waals surface area contributed by atoms with Gasteiger partial charge in [0.05, 0.1) is 10.4 Å². The Kier molecular flexibility index (Phi) is 3.38. The van der Waals surface area contributed by atoms with Crippen LogP contribution in [0.5, 0.6) is 5.75 Å². The van der Waals surface area contributed by atoms with Crippen LogP contribution in [0.1, 0.15) is 48.5 Å². The molecule has 3 rings (SSSR count). The molecule has 0 aromatic heterocycles. The molecule has 0 spiro atoms. The van der Waals surface area contributed by atoms with Gasteiger partial charge in [0.15, 0.2) is 11.6 Å². The zero-order valence-electron chi connectivity index (χ0n) is 11.5. The third kappa shape index (κ3) is 1.87. The molecule has 0 saturated heterocycles. The molecule has 1 aromatic carbocycles. The molecule has 0 bridgehead atoms. The number of carbonyl (C=O) groups excluding carboxylic acids is 2. The number of ketones is 2. The molecule has 110 valence electrons. The Morgan fingerprint density at radius 1 is 1.29 bits per heavy atom. The molecule has 1 aromatic rings. The number of aromatic hydroxyl groups is 1. The zero-order valence-corrected chi connectivity index (χ0v) is 13.0. The van der Waals surface area contributed by atoms with E-state index in [0.717, 1.165) is 6.42 Å². The van der Waals surface area contributed by atoms with E-state index in [1.165, 1.54) is 12.1 Å². The van der Waals surface area contributed by atoms with Crippen molar-refractivity contribution in [2.75, 3.05) is 0 Å². The van der Waals surface area contributed by atoms with E-state index in [9.17, 15) is 14.7 Å². The third-order valence-electron chi connectivity index (χ3n) is 4.43. The van der Waals surface area contributed by atoms with Crippen LogP contribution in [0.3, 0.4) is 0 Å². The molecule has 2 aliphatic rings. The molecule has 1 atom stereocenters. The molecule has 0 saturated carbocycles. The maximum absolute atomic E-state index is 12.9. The number of carbonyl (C=O) groups is 2. The summed E-state index contributed by atoms with van der Waals surface area (Å²) >= 11 is 12.2. The quantitative estimate of drug-likeness (QED) is 0.875. The molecular formula is C16H14Cl2O3. The largest absolute Gasteiger partial charge is 0.506 e. The van der Waals surface area contributed by atoms with Gasteiger partial charge in [0.2, 0.25) is 0 Å². The van der Waals surface area contributed by atoms with Crippen LogP contribution in [-0.4, -0.2) is 16.7 Å². The van der Waals surface area contributed by atoms with Crippen LogP contribution < -0.4 is 0 Å². The van der Waals surface area contributed by atoms with Crippen molar-refractivity contribution < 1.29 is 14.7 Å². The molecule has 5 heteroatoms. The lowest BCUT2D eigenvalue weighted by Crippen LogP contribution is -2.31. The Morgan fingerprint density at radius 2 is 2.00 bits per heavy atom. The Morgan fingerprint density at radius 3 is 2.67 bits per heavy atom. The van der Waals surface area contributed by atoms with E-state index in [4.69, 9.17) is 23.2 Å². The second-order valence-corrected chi connectivity index (χ2v) is 6.39. The monoisotopic (exact) mass is 324 g/mol. The number of fused-ring (bicyclic) bond motifs is 3. The predicted octanol–water partition coefficient (Wildman–Crippen LogP) is 4.43. The number of hydrogen-bond donors (Lipinski definition) is 1. The average Bonchev–Trinajstić information content (AvgIpc) is 2.67. The van der Waals surface area contributed by atoms with Gasteiger partial charge in [-0.2, -0.15) is 0 Å². The average molecular weight is 325 g/mol. The molecule has 21 heavy (non-hydrogen) atoms. The highest BCUT2D eigenvalue weighted by atomic mass is 35.5. The number of hydrogen-bond acceptors (Lipinski definition) is 3. The molecule has 0 radical (unpaired) electrons. The molecular weight excluding hydrogens is 311 g/mol. The van der Waals surface area contributed by atoms with Crippen molar-refractivity contribution in [3.05, 3.63) is 33.3 Å². The second kappa shape index (κ2) is 4.85. The van der Waals surface area contributed by atoms with E-state index in [2.05, 4.69) is 0 Å². The molecule has 1 unspecified atom stereocenters. The van der Waals surface area contributed by atoms with Crippen LogP contribution in [0.4, 0.5) is 0 Å². The molecule has 0 aliphatic heterocycles. The summed E-state index contributed by atoms with van der Waals surface area (Å²) in [6.45, 7) is 2.01. The molecule has 3 nitrogen and oxygen atoms in total. The first kappa shape index (κ1) is 14.6. The summed E-state index contributed by atoms with van der Waals surface area (Å²) in [7, 11) is 0. The van der Waals surface area contributed by atoms with Crippen molar-refractivity contribution >= 4 is 40.3 Å². The first-order valence-electron chi connectivity index (χ1n) is 6.93. The first-order chi connectivity index (χ1) is 9.92. The van der Waals surface area contributed by atoms with E-state index in [1.807, 2.05) is 6.92 Å². The Hall–Kier alpha value is -1.32. The Bertz CT molecular complexity index is 706. The maximum atomic E-state index is 12.9. The van der Waals surface area contributed by atoms with Gasteiger partial charge in [-0.3, -0.25) is 9.59 Å². The van der Waals surface area contributed by atoms with Gasteiger partial charge < -0.3 is 5.11 Å². The summed E-state index contributed by atoms with van der Waals surface area (Å²) in [5.74, 6) is -0.268. The normalized spacial score (nSPS) is 23.9. The first-order valence-corrected chi connectivity index (χ1v) is 7.69. The van der Waals surface area contributed by atoms with Gasteiger partial charge in [-0.15, -0.1) is 0 Å². The van der Waals surface area contributed by atoms with Crippen LogP contribution in [-0.2, 0) is 4.79 Å². The van der Waals surface area contributed by atoms with Gasteiger partial charge in [-0.25, -0.2) is 0 Å². The summed E-state index contributed by atoms with van der Waals surface area (Å²) in [6, 6.07) is 1.37. The minimum Gasteiger partial charge on any atom is -0.506 e. The second-order valence-electron chi connectivity index (χ2n) is 5.63. The highest BCUT2D eigenvalue weighted by Gasteiger charge is 2.51. The number of phenolic OH excluding ortho intramolecular Hbond substituents is 1.